The van der Waals surface area contributed by atoms with E-state index in [1.807, 2.05) is 6.07 Å². The monoisotopic (exact) mass is 378 g/mol. The van der Waals surface area contributed by atoms with E-state index in [4.69, 9.17) is 5.73 Å². The normalized spacial score (nSPS) is 15.1. The van der Waals surface area contributed by atoms with Gasteiger partial charge in [0.05, 0.1) is 5.52 Å². The van der Waals surface area contributed by atoms with Crippen LogP contribution < -0.4 is 5.73 Å². The molecule has 1 aromatic heterocycles. The van der Waals surface area contributed by atoms with E-state index >= 15 is 0 Å². The van der Waals surface area contributed by atoms with Gasteiger partial charge in [-0.05, 0) is 48.7 Å². The summed E-state index contributed by atoms with van der Waals surface area (Å²) in [5.41, 5.74) is 6.76. The topological polar surface area (TPSA) is 123 Å². The van der Waals surface area contributed by atoms with Crippen molar-refractivity contribution < 1.29 is 24.6 Å². The minimum atomic E-state index is -1.91. The molecule has 0 fully saturated rings. The van der Waals surface area contributed by atoms with Crippen molar-refractivity contribution in [1.29, 1.82) is 0 Å². The van der Waals surface area contributed by atoms with Crippen molar-refractivity contribution in [1.82, 2.24) is 4.57 Å². The van der Waals surface area contributed by atoms with E-state index in [9.17, 15) is 24.6 Å². The predicted octanol–water partition coefficient (Wildman–Crippen LogP) is 2.56. The molecule has 0 saturated heterocycles. The highest BCUT2D eigenvalue weighted by atomic mass is 16.4. The van der Waals surface area contributed by atoms with Gasteiger partial charge in [0, 0.05) is 28.8 Å². The Bertz CT molecular complexity index is 1120. The molecule has 1 aliphatic carbocycles. The van der Waals surface area contributed by atoms with Crippen LogP contribution in [0.3, 0.4) is 0 Å². The number of carboxylic acid groups (broad SMARTS) is 2. The zero-order chi connectivity index (χ0) is 20.1. The molecule has 142 valence electrons. The van der Waals surface area contributed by atoms with Crippen molar-refractivity contribution in [3.8, 4) is 0 Å². The van der Waals surface area contributed by atoms with Crippen molar-refractivity contribution in [3.63, 3.8) is 0 Å². The minimum Gasteiger partial charge on any atom is -0.480 e. The molecule has 1 aliphatic rings. The number of aromatic nitrogens is 1. The Labute approximate surface area is 160 Å². The third-order valence-corrected chi connectivity index (χ3v) is 5.51. The summed E-state index contributed by atoms with van der Waals surface area (Å²) in [5, 5.41) is 19.9. The summed E-state index contributed by atoms with van der Waals surface area (Å²) >= 11 is 0. The number of rotatable bonds is 3. The van der Waals surface area contributed by atoms with E-state index in [1.54, 1.807) is 47.0 Å². The van der Waals surface area contributed by atoms with Crippen LogP contribution in [0.1, 0.15) is 28.0 Å². The fourth-order valence-electron chi connectivity index (χ4n) is 4.01. The molecule has 0 radical (unpaired) electrons. The van der Waals surface area contributed by atoms with Gasteiger partial charge in [-0.3, -0.25) is 19.0 Å². The number of carbonyl (C=O) groups is 3. The number of hydrogen-bond donors (Lipinski definition) is 3. The molecule has 4 N–H and O–H groups in total. The molecule has 7 heteroatoms. The molecule has 4 rings (SSSR count). The molecule has 2 aromatic carbocycles. The predicted molar refractivity (Wildman–Crippen MR) is 102 cm³/mol. The van der Waals surface area contributed by atoms with Crippen LogP contribution in [0.2, 0.25) is 0 Å². The van der Waals surface area contributed by atoms with E-state index in [-0.39, 0.29) is 25.2 Å². The first kappa shape index (κ1) is 17.8. The van der Waals surface area contributed by atoms with Crippen LogP contribution in [-0.4, -0.2) is 32.6 Å². The molecule has 0 bridgehead atoms. The van der Waals surface area contributed by atoms with E-state index < -0.39 is 17.4 Å². The number of nitrogen functional groups attached to an aromatic ring is 1. The maximum Gasteiger partial charge on any atom is 0.321 e. The van der Waals surface area contributed by atoms with Crippen molar-refractivity contribution in [2.45, 2.75) is 19.3 Å². The Morgan fingerprint density at radius 3 is 2.32 bits per heavy atom. The van der Waals surface area contributed by atoms with Gasteiger partial charge >= 0.3 is 11.9 Å². The minimum absolute atomic E-state index is 0.0848. The van der Waals surface area contributed by atoms with E-state index in [0.29, 0.717) is 33.4 Å². The Hall–Kier alpha value is -3.61. The summed E-state index contributed by atoms with van der Waals surface area (Å²) < 4.78 is 1.56. The van der Waals surface area contributed by atoms with Gasteiger partial charge < -0.3 is 15.9 Å². The highest BCUT2D eigenvalue weighted by Gasteiger charge is 2.50. The summed E-state index contributed by atoms with van der Waals surface area (Å²) in [5.74, 6) is -2.98. The maximum atomic E-state index is 13.2. The van der Waals surface area contributed by atoms with Crippen LogP contribution in [0, 0.1) is 5.41 Å². The average molecular weight is 378 g/mol. The van der Waals surface area contributed by atoms with Gasteiger partial charge in [0.2, 0.25) is 0 Å². The summed E-state index contributed by atoms with van der Waals surface area (Å²) in [6, 6.07) is 13.8. The van der Waals surface area contributed by atoms with Crippen LogP contribution in [0.25, 0.3) is 10.9 Å². The number of carboxylic acids is 2. The van der Waals surface area contributed by atoms with E-state index in [1.165, 1.54) is 0 Å². The largest absolute Gasteiger partial charge is 0.480 e. The Balaban J connectivity index is 1.97. The Kier molecular flexibility index (Phi) is 3.96. The van der Waals surface area contributed by atoms with Crippen molar-refractivity contribution in [2.24, 2.45) is 5.41 Å². The zero-order valence-electron chi connectivity index (χ0n) is 14.9. The molecule has 0 aliphatic heterocycles. The van der Waals surface area contributed by atoms with E-state index in [2.05, 4.69) is 0 Å². The molecule has 1 heterocycles. The van der Waals surface area contributed by atoms with Crippen LogP contribution in [-0.2, 0) is 22.4 Å². The second-order valence-corrected chi connectivity index (χ2v) is 7.08. The van der Waals surface area contributed by atoms with Gasteiger partial charge in [0.1, 0.15) is 0 Å². The zero-order valence-corrected chi connectivity index (χ0v) is 14.9. The lowest BCUT2D eigenvalue weighted by atomic mass is 9.72. The van der Waals surface area contributed by atoms with Gasteiger partial charge in [-0.1, -0.05) is 18.2 Å². The lowest BCUT2D eigenvalue weighted by Crippen LogP contribution is -2.44. The number of anilines is 1. The quantitative estimate of drug-likeness (QED) is 0.475. The summed E-state index contributed by atoms with van der Waals surface area (Å²) in [6.07, 6.45) is -0.109. The standard InChI is InChI=1S/C21H18N2O5/c22-13-6-7-16-14(10-13)15-11-21(19(25)26,20(27)28)9-8-17(15)23(16)18(24)12-4-2-1-3-5-12/h1-7,10H,8-9,11,22H2,(H,25,26)(H,27,28). The third kappa shape index (κ3) is 2.47. The van der Waals surface area contributed by atoms with Crippen LogP contribution in [0.15, 0.2) is 48.5 Å². The van der Waals surface area contributed by atoms with Gasteiger partial charge in [-0.15, -0.1) is 0 Å². The molecular weight excluding hydrogens is 360 g/mol. The molecule has 0 amide bonds. The molecular formula is C21H18N2O5. The lowest BCUT2D eigenvalue weighted by molar-refractivity contribution is -0.165. The summed E-state index contributed by atoms with van der Waals surface area (Å²) in [6.45, 7) is 0. The van der Waals surface area contributed by atoms with Crippen LogP contribution >= 0.6 is 0 Å². The first-order valence-corrected chi connectivity index (χ1v) is 8.83. The highest BCUT2D eigenvalue weighted by Crippen LogP contribution is 2.41. The van der Waals surface area contributed by atoms with Gasteiger partial charge in [-0.25, -0.2) is 0 Å². The molecule has 0 unspecified atom stereocenters. The van der Waals surface area contributed by atoms with Crippen molar-refractivity contribution in [3.05, 3.63) is 65.4 Å². The molecule has 0 spiro atoms. The molecule has 28 heavy (non-hydrogen) atoms. The Morgan fingerprint density at radius 1 is 1.00 bits per heavy atom. The first-order chi connectivity index (χ1) is 13.3. The highest BCUT2D eigenvalue weighted by molar-refractivity contribution is 6.06. The average Bonchev–Trinajstić information content (AvgIpc) is 3.00. The van der Waals surface area contributed by atoms with Crippen LogP contribution in [0.4, 0.5) is 5.69 Å². The number of fused-ring (bicyclic) bond motifs is 3. The molecule has 0 saturated carbocycles. The molecule has 0 atom stereocenters. The number of nitrogens with zero attached hydrogens (tertiary/aromatic N) is 1. The first-order valence-electron chi connectivity index (χ1n) is 8.83. The van der Waals surface area contributed by atoms with Gasteiger partial charge in [0.25, 0.3) is 5.91 Å². The number of carbonyl (C=O) groups excluding carboxylic acids is 1. The number of benzene rings is 2. The second kappa shape index (κ2) is 6.23. The molecule has 7 nitrogen and oxygen atoms in total. The summed E-state index contributed by atoms with van der Waals surface area (Å²) in [7, 11) is 0. The maximum absolute atomic E-state index is 13.2. The van der Waals surface area contributed by atoms with Crippen LogP contribution in [0.5, 0.6) is 0 Å². The fraction of sp³-hybridized carbons (Fsp3) is 0.190. The fourth-order valence-corrected chi connectivity index (χ4v) is 4.01. The van der Waals surface area contributed by atoms with E-state index in [0.717, 1.165) is 0 Å². The summed E-state index contributed by atoms with van der Waals surface area (Å²) in [4.78, 5) is 36.8. The van der Waals surface area contributed by atoms with Gasteiger partial charge in [-0.2, -0.15) is 0 Å². The molecule has 3 aromatic rings. The van der Waals surface area contributed by atoms with Crippen molar-refractivity contribution >= 4 is 34.4 Å². The SMILES string of the molecule is Nc1ccc2c(c1)c1c(n2C(=O)c2ccccc2)CCC(C(=O)O)(C(=O)O)C1. The van der Waals surface area contributed by atoms with Gasteiger partial charge in [0.15, 0.2) is 5.41 Å². The second-order valence-electron chi connectivity index (χ2n) is 7.08. The smallest absolute Gasteiger partial charge is 0.321 e. The number of aliphatic carboxylic acids is 2. The Morgan fingerprint density at radius 2 is 1.68 bits per heavy atom. The third-order valence-electron chi connectivity index (χ3n) is 5.51. The lowest BCUT2D eigenvalue weighted by Gasteiger charge is -2.29. The number of nitrogens with two attached hydrogens (primary N) is 1. The number of hydrogen-bond acceptors (Lipinski definition) is 4. The van der Waals surface area contributed by atoms with Crippen molar-refractivity contribution in [2.75, 3.05) is 5.73 Å².